The van der Waals surface area contributed by atoms with Crippen LogP contribution >= 0.6 is 0 Å². The maximum atomic E-state index is 5.85. The van der Waals surface area contributed by atoms with Gasteiger partial charge in [0.2, 0.25) is 0 Å². The maximum absolute atomic E-state index is 5.85. The van der Waals surface area contributed by atoms with Crippen LogP contribution in [-0.2, 0) is 4.74 Å². The lowest BCUT2D eigenvalue weighted by atomic mass is 9.82. The number of ether oxygens (including phenoxy) is 1. The number of nitrogens with one attached hydrogen (secondary N) is 1. The molecule has 0 aliphatic carbocycles. The van der Waals surface area contributed by atoms with Crippen LogP contribution in [-0.4, -0.2) is 24.8 Å². The monoisotopic (exact) mass is 243 g/mol. The molecule has 0 rings (SSSR count). The zero-order valence-electron chi connectivity index (χ0n) is 13.0. The fraction of sp³-hybridized carbons (Fsp3) is 1.00. The molecule has 0 aliphatic rings. The van der Waals surface area contributed by atoms with Crippen molar-refractivity contribution in [3.05, 3.63) is 0 Å². The highest BCUT2D eigenvalue weighted by atomic mass is 16.5. The molecule has 104 valence electrons. The Morgan fingerprint density at radius 1 is 1.06 bits per heavy atom. The van der Waals surface area contributed by atoms with Crippen LogP contribution in [0.1, 0.15) is 67.7 Å². The molecule has 2 heteroatoms. The fourth-order valence-electron chi connectivity index (χ4n) is 1.96. The third-order valence-electron chi connectivity index (χ3n) is 3.03. The maximum Gasteiger partial charge on any atom is 0.0598 e. The van der Waals surface area contributed by atoms with Crippen LogP contribution in [0.4, 0.5) is 0 Å². The lowest BCUT2D eigenvalue weighted by molar-refractivity contribution is -0.0181. The molecular weight excluding hydrogens is 210 g/mol. The van der Waals surface area contributed by atoms with E-state index in [2.05, 4.69) is 53.8 Å². The molecule has 0 aliphatic heterocycles. The second-order valence-corrected chi connectivity index (χ2v) is 6.81. The lowest BCUT2D eigenvalue weighted by Crippen LogP contribution is -2.37. The molecule has 0 aromatic carbocycles. The Morgan fingerprint density at radius 3 is 2.06 bits per heavy atom. The highest BCUT2D eigenvalue weighted by molar-refractivity contribution is 4.78. The van der Waals surface area contributed by atoms with Crippen molar-refractivity contribution >= 4 is 0 Å². The molecule has 0 aromatic rings. The standard InChI is InChI=1S/C15H33NO/c1-8-9-15(7,12-16-13(2)3)10-11-17-14(4,5)6/h13,16H,8-12H2,1-7H3. The Kier molecular flexibility index (Phi) is 7.34. The molecule has 0 bridgehead atoms. The van der Waals surface area contributed by atoms with Crippen molar-refractivity contribution in [1.82, 2.24) is 5.32 Å². The van der Waals surface area contributed by atoms with E-state index in [-0.39, 0.29) is 5.60 Å². The van der Waals surface area contributed by atoms with Gasteiger partial charge in [-0.05, 0) is 39.0 Å². The van der Waals surface area contributed by atoms with Crippen molar-refractivity contribution in [2.45, 2.75) is 79.4 Å². The molecule has 1 N–H and O–H groups in total. The Bertz CT molecular complexity index is 196. The first-order valence-corrected chi connectivity index (χ1v) is 7.06. The van der Waals surface area contributed by atoms with Gasteiger partial charge in [0, 0.05) is 19.2 Å². The molecule has 0 saturated carbocycles. The van der Waals surface area contributed by atoms with Gasteiger partial charge >= 0.3 is 0 Å². The Morgan fingerprint density at radius 2 is 1.65 bits per heavy atom. The van der Waals surface area contributed by atoms with Crippen LogP contribution in [0, 0.1) is 5.41 Å². The van der Waals surface area contributed by atoms with Crippen molar-refractivity contribution < 1.29 is 4.74 Å². The van der Waals surface area contributed by atoms with Crippen molar-refractivity contribution in [2.75, 3.05) is 13.2 Å². The quantitative estimate of drug-likeness (QED) is 0.696. The predicted molar refractivity (Wildman–Crippen MR) is 76.5 cm³/mol. The van der Waals surface area contributed by atoms with Crippen molar-refractivity contribution in [2.24, 2.45) is 5.41 Å². The summed E-state index contributed by atoms with van der Waals surface area (Å²) >= 11 is 0. The van der Waals surface area contributed by atoms with Gasteiger partial charge in [-0.25, -0.2) is 0 Å². The van der Waals surface area contributed by atoms with E-state index in [0.29, 0.717) is 11.5 Å². The molecule has 17 heavy (non-hydrogen) atoms. The topological polar surface area (TPSA) is 21.3 Å². The first-order valence-electron chi connectivity index (χ1n) is 7.06. The van der Waals surface area contributed by atoms with Gasteiger partial charge in [-0.2, -0.15) is 0 Å². The fourth-order valence-corrected chi connectivity index (χ4v) is 1.96. The second-order valence-electron chi connectivity index (χ2n) is 6.81. The Hall–Kier alpha value is -0.0800. The molecule has 0 saturated heterocycles. The minimum Gasteiger partial charge on any atom is -0.376 e. The zero-order valence-corrected chi connectivity index (χ0v) is 13.0. The normalized spacial score (nSPS) is 16.2. The molecular formula is C15H33NO. The van der Waals surface area contributed by atoms with E-state index in [1.807, 2.05) is 0 Å². The van der Waals surface area contributed by atoms with E-state index in [9.17, 15) is 0 Å². The van der Waals surface area contributed by atoms with E-state index in [0.717, 1.165) is 19.6 Å². The number of rotatable bonds is 8. The van der Waals surface area contributed by atoms with Crippen LogP contribution in [0.15, 0.2) is 0 Å². The third-order valence-corrected chi connectivity index (χ3v) is 3.03. The van der Waals surface area contributed by atoms with Gasteiger partial charge in [0.05, 0.1) is 5.60 Å². The van der Waals surface area contributed by atoms with Gasteiger partial charge in [-0.1, -0.05) is 34.1 Å². The molecule has 0 amide bonds. The van der Waals surface area contributed by atoms with Gasteiger partial charge in [-0.3, -0.25) is 0 Å². The molecule has 0 fully saturated rings. The average Bonchev–Trinajstić information content (AvgIpc) is 2.13. The minimum absolute atomic E-state index is 0.0153. The van der Waals surface area contributed by atoms with E-state index < -0.39 is 0 Å². The van der Waals surface area contributed by atoms with Crippen LogP contribution in [0.5, 0.6) is 0 Å². The highest BCUT2D eigenvalue weighted by Gasteiger charge is 2.24. The summed E-state index contributed by atoms with van der Waals surface area (Å²) in [6.45, 7) is 17.4. The Labute approximate surface area is 109 Å². The van der Waals surface area contributed by atoms with Crippen molar-refractivity contribution in [1.29, 1.82) is 0 Å². The molecule has 0 radical (unpaired) electrons. The molecule has 0 spiro atoms. The smallest absolute Gasteiger partial charge is 0.0598 e. The first-order chi connectivity index (χ1) is 7.68. The van der Waals surface area contributed by atoms with Crippen LogP contribution in [0.2, 0.25) is 0 Å². The minimum atomic E-state index is -0.0153. The SMILES string of the molecule is CCCC(C)(CCOC(C)(C)C)CNC(C)C. The first kappa shape index (κ1) is 16.9. The lowest BCUT2D eigenvalue weighted by Gasteiger charge is -2.32. The summed E-state index contributed by atoms with van der Waals surface area (Å²) in [6.07, 6.45) is 3.64. The van der Waals surface area contributed by atoms with Gasteiger partial charge in [-0.15, -0.1) is 0 Å². The summed E-state index contributed by atoms with van der Waals surface area (Å²) in [4.78, 5) is 0. The number of hydrogen-bond acceptors (Lipinski definition) is 2. The van der Waals surface area contributed by atoms with Gasteiger partial charge in [0.25, 0.3) is 0 Å². The second kappa shape index (κ2) is 7.38. The summed E-state index contributed by atoms with van der Waals surface area (Å²) in [5.41, 5.74) is 0.350. The third kappa shape index (κ3) is 9.61. The van der Waals surface area contributed by atoms with Gasteiger partial charge in [0.1, 0.15) is 0 Å². The van der Waals surface area contributed by atoms with E-state index in [4.69, 9.17) is 4.74 Å². The van der Waals surface area contributed by atoms with Crippen molar-refractivity contribution in [3.63, 3.8) is 0 Å². The summed E-state index contributed by atoms with van der Waals surface area (Å²) in [7, 11) is 0. The molecule has 1 unspecified atom stereocenters. The average molecular weight is 243 g/mol. The molecule has 1 atom stereocenters. The summed E-state index contributed by atoms with van der Waals surface area (Å²) in [5, 5.41) is 3.56. The van der Waals surface area contributed by atoms with E-state index in [1.54, 1.807) is 0 Å². The molecule has 0 heterocycles. The highest BCUT2D eigenvalue weighted by Crippen LogP contribution is 2.27. The molecule has 2 nitrogen and oxygen atoms in total. The zero-order chi connectivity index (χ0) is 13.5. The van der Waals surface area contributed by atoms with Crippen LogP contribution in [0.25, 0.3) is 0 Å². The summed E-state index contributed by atoms with van der Waals surface area (Å²) in [6, 6.07) is 0.565. The van der Waals surface area contributed by atoms with E-state index in [1.165, 1.54) is 12.8 Å². The van der Waals surface area contributed by atoms with Crippen molar-refractivity contribution in [3.8, 4) is 0 Å². The van der Waals surface area contributed by atoms with Crippen LogP contribution in [0.3, 0.4) is 0 Å². The summed E-state index contributed by atoms with van der Waals surface area (Å²) < 4.78 is 5.85. The Balaban J connectivity index is 4.11. The predicted octanol–water partition coefficient (Wildman–Crippen LogP) is 4.00. The van der Waals surface area contributed by atoms with E-state index >= 15 is 0 Å². The molecule has 0 aromatic heterocycles. The van der Waals surface area contributed by atoms with Crippen LogP contribution < -0.4 is 5.32 Å². The van der Waals surface area contributed by atoms with Gasteiger partial charge in [0.15, 0.2) is 0 Å². The largest absolute Gasteiger partial charge is 0.376 e. The summed E-state index contributed by atoms with van der Waals surface area (Å²) in [5.74, 6) is 0. The number of hydrogen-bond donors (Lipinski definition) is 1. The van der Waals surface area contributed by atoms with Gasteiger partial charge < -0.3 is 10.1 Å².